The van der Waals surface area contributed by atoms with Crippen molar-refractivity contribution in [1.82, 2.24) is 15.7 Å². The SMILES string of the molecule is FC(F)(F)c1cccc(-c2ccc(/C=N/NC(=S)NCc3ccccn3)o2)c1. The third kappa shape index (κ3) is 5.40. The van der Waals surface area contributed by atoms with Crippen LogP contribution in [0.3, 0.4) is 0 Å². The highest BCUT2D eigenvalue weighted by Gasteiger charge is 2.30. The van der Waals surface area contributed by atoms with E-state index < -0.39 is 11.7 Å². The molecular formula is C19H15F3N4OS. The van der Waals surface area contributed by atoms with Gasteiger partial charge in [-0.25, -0.2) is 0 Å². The quantitative estimate of drug-likeness (QED) is 0.376. The van der Waals surface area contributed by atoms with Gasteiger partial charge in [0.15, 0.2) is 5.11 Å². The van der Waals surface area contributed by atoms with Crippen molar-refractivity contribution < 1.29 is 17.6 Å². The van der Waals surface area contributed by atoms with Crippen molar-refractivity contribution in [1.29, 1.82) is 0 Å². The van der Waals surface area contributed by atoms with Crippen molar-refractivity contribution in [2.75, 3.05) is 0 Å². The van der Waals surface area contributed by atoms with Gasteiger partial charge in [-0.15, -0.1) is 0 Å². The van der Waals surface area contributed by atoms with Crippen molar-refractivity contribution in [2.24, 2.45) is 5.10 Å². The zero-order valence-electron chi connectivity index (χ0n) is 14.4. The van der Waals surface area contributed by atoms with Crippen LogP contribution in [0.25, 0.3) is 11.3 Å². The Kier molecular flexibility index (Phi) is 6.05. The van der Waals surface area contributed by atoms with Gasteiger partial charge in [-0.05, 0) is 48.6 Å². The van der Waals surface area contributed by atoms with Gasteiger partial charge in [0.25, 0.3) is 0 Å². The summed E-state index contributed by atoms with van der Waals surface area (Å²) in [6, 6.07) is 13.7. The van der Waals surface area contributed by atoms with Gasteiger partial charge < -0.3 is 9.73 Å². The lowest BCUT2D eigenvalue weighted by atomic mass is 10.1. The first kappa shape index (κ1) is 19.6. The molecule has 9 heteroatoms. The number of hydrazone groups is 1. The van der Waals surface area contributed by atoms with Gasteiger partial charge in [-0.2, -0.15) is 18.3 Å². The number of thiocarbonyl (C=S) groups is 1. The van der Waals surface area contributed by atoms with Crippen LogP contribution in [0.15, 0.2) is 70.3 Å². The number of furan rings is 1. The number of nitrogens with one attached hydrogen (secondary N) is 2. The maximum atomic E-state index is 12.8. The number of halogens is 3. The van der Waals surface area contributed by atoms with Crippen molar-refractivity contribution >= 4 is 23.5 Å². The predicted molar refractivity (Wildman–Crippen MR) is 104 cm³/mol. The van der Waals surface area contributed by atoms with Crippen LogP contribution in [0.5, 0.6) is 0 Å². The van der Waals surface area contributed by atoms with Crippen LogP contribution >= 0.6 is 12.2 Å². The molecule has 2 heterocycles. The van der Waals surface area contributed by atoms with Gasteiger partial charge >= 0.3 is 6.18 Å². The highest BCUT2D eigenvalue weighted by molar-refractivity contribution is 7.80. The average molecular weight is 404 g/mol. The molecule has 0 saturated carbocycles. The molecule has 2 aromatic heterocycles. The van der Waals surface area contributed by atoms with Gasteiger partial charge in [0.2, 0.25) is 0 Å². The zero-order valence-corrected chi connectivity index (χ0v) is 15.2. The minimum atomic E-state index is -4.41. The Bertz CT molecular complexity index is 971. The molecular weight excluding hydrogens is 389 g/mol. The summed E-state index contributed by atoms with van der Waals surface area (Å²) in [5.74, 6) is 0.677. The van der Waals surface area contributed by atoms with Crippen LogP contribution in [-0.4, -0.2) is 16.3 Å². The largest absolute Gasteiger partial charge is 0.455 e. The maximum absolute atomic E-state index is 12.8. The van der Waals surface area contributed by atoms with Crippen LogP contribution < -0.4 is 10.7 Å². The van der Waals surface area contributed by atoms with Crippen molar-refractivity contribution in [3.8, 4) is 11.3 Å². The van der Waals surface area contributed by atoms with E-state index in [1.165, 1.54) is 12.3 Å². The predicted octanol–water partition coefficient (Wildman–Crippen LogP) is 4.36. The average Bonchev–Trinajstić information content (AvgIpc) is 3.16. The third-order valence-corrected chi connectivity index (χ3v) is 3.85. The van der Waals surface area contributed by atoms with Crippen LogP contribution in [0, 0.1) is 0 Å². The molecule has 3 rings (SSSR count). The first-order chi connectivity index (χ1) is 13.4. The number of benzene rings is 1. The fraction of sp³-hybridized carbons (Fsp3) is 0.105. The number of nitrogens with zero attached hydrogens (tertiary/aromatic N) is 2. The molecule has 0 aliphatic carbocycles. The summed E-state index contributed by atoms with van der Waals surface area (Å²) in [6.07, 6.45) is -1.34. The van der Waals surface area contributed by atoms with E-state index in [0.29, 0.717) is 28.7 Å². The Labute approximate surface area is 164 Å². The molecule has 3 aromatic rings. The van der Waals surface area contributed by atoms with Gasteiger partial charge in [0, 0.05) is 11.8 Å². The Balaban J connectivity index is 1.56. The normalized spacial score (nSPS) is 11.5. The van der Waals surface area contributed by atoms with E-state index in [2.05, 4.69) is 20.8 Å². The highest BCUT2D eigenvalue weighted by Crippen LogP contribution is 2.32. The Morgan fingerprint density at radius 3 is 2.75 bits per heavy atom. The monoisotopic (exact) mass is 404 g/mol. The summed E-state index contributed by atoms with van der Waals surface area (Å²) < 4.78 is 44.0. The Morgan fingerprint density at radius 2 is 2.00 bits per heavy atom. The topological polar surface area (TPSA) is 62.5 Å². The zero-order chi connectivity index (χ0) is 20.0. The number of hydrogen-bond acceptors (Lipinski definition) is 4. The number of hydrogen-bond donors (Lipinski definition) is 2. The summed E-state index contributed by atoms with van der Waals surface area (Å²) in [4.78, 5) is 4.16. The van der Waals surface area contributed by atoms with E-state index in [1.807, 2.05) is 18.2 Å². The van der Waals surface area contributed by atoms with Gasteiger partial charge in [0.1, 0.15) is 11.5 Å². The number of aromatic nitrogens is 1. The van der Waals surface area contributed by atoms with Crippen molar-refractivity contribution in [3.05, 3.63) is 77.8 Å². The summed E-state index contributed by atoms with van der Waals surface area (Å²) >= 11 is 5.10. The van der Waals surface area contributed by atoms with Crippen molar-refractivity contribution in [2.45, 2.75) is 12.7 Å². The highest BCUT2D eigenvalue weighted by atomic mass is 32.1. The van der Waals surface area contributed by atoms with E-state index >= 15 is 0 Å². The summed E-state index contributed by atoms with van der Waals surface area (Å²) in [5.41, 5.74) is 3.05. The molecule has 0 bridgehead atoms. The van der Waals surface area contributed by atoms with E-state index in [4.69, 9.17) is 16.6 Å². The fourth-order valence-corrected chi connectivity index (χ4v) is 2.42. The number of pyridine rings is 1. The molecule has 0 spiro atoms. The molecule has 0 fully saturated rings. The first-order valence-electron chi connectivity index (χ1n) is 8.16. The maximum Gasteiger partial charge on any atom is 0.416 e. The summed E-state index contributed by atoms with van der Waals surface area (Å²) in [6.45, 7) is 0.447. The summed E-state index contributed by atoms with van der Waals surface area (Å²) in [5, 5.41) is 7.19. The Morgan fingerprint density at radius 1 is 1.14 bits per heavy atom. The van der Waals surface area contributed by atoms with Crippen LogP contribution in [-0.2, 0) is 12.7 Å². The molecule has 0 saturated heterocycles. The van der Waals surface area contributed by atoms with E-state index in [1.54, 1.807) is 24.4 Å². The van der Waals surface area contributed by atoms with Gasteiger partial charge in [-0.1, -0.05) is 18.2 Å². The molecule has 0 unspecified atom stereocenters. The van der Waals surface area contributed by atoms with E-state index in [0.717, 1.165) is 17.8 Å². The van der Waals surface area contributed by atoms with Crippen molar-refractivity contribution in [3.63, 3.8) is 0 Å². The second kappa shape index (κ2) is 8.66. The minimum Gasteiger partial charge on any atom is -0.455 e. The molecule has 144 valence electrons. The van der Waals surface area contributed by atoms with E-state index in [-0.39, 0.29) is 0 Å². The molecule has 0 amide bonds. The standard InChI is InChI=1S/C19H15F3N4OS/c20-19(21,22)14-5-3-4-13(10-14)17-8-7-16(27-17)12-25-26-18(28)24-11-15-6-1-2-9-23-15/h1-10,12H,11H2,(H2,24,26,28)/b25-12+. The molecule has 28 heavy (non-hydrogen) atoms. The number of rotatable bonds is 5. The molecule has 0 aliphatic rings. The van der Waals surface area contributed by atoms with Gasteiger partial charge in [-0.3, -0.25) is 10.4 Å². The lowest BCUT2D eigenvalue weighted by Crippen LogP contribution is -2.31. The van der Waals surface area contributed by atoms with Crippen LogP contribution in [0.4, 0.5) is 13.2 Å². The molecule has 0 atom stereocenters. The lowest BCUT2D eigenvalue weighted by Gasteiger charge is -2.07. The smallest absolute Gasteiger partial charge is 0.416 e. The molecule has 1 aromatic carbocycles. The molecule has 0 aliphatic heterocycles. The lowest BCUT2D eigenvalue weighted by molar-refractivity contribution is -0.137. The van der Waals surface area contributed by atoms with Crippen LogP contribution in [0.2, 0.25) is 0 Å². The molecule has 2 N–H and O–H groups in total. The minimum absolute atomic E-state index is 0.298. The molecule has 0 radical (unpaired) electrons. The summed E-state index contributed by atoms with van der Waals surface area (Å²) in [7, 11) is 0. The Hall–Kier alpha value is -3.20. The third-order valence-electron chi connectivity index (χ3n) is 3.62. The number of alkyl halides is 3. The van der Waals surface area contributed by atoms with Crippen LogP contribution in [0.1, 0.15) is 17.0 Å². The second-order valence-electron chi connectivity index (χ2n) is 5.65. The van der Waals surface area contributed by atoms with E-state index in [9.17, 15) is 13.2 Å². The first-order valence-corrected chi connectivity index (χ1v) is 8.57. The fourth-order valence-electron chi connectivity index (χ4n) is 2.29. The second-order valence-corrected chi connectivity index (χ2v) is 6.06. The van der Waals surface area contributed by atoms with Gasteiger partial charge in [0.05, 0.1) is 24.0 Å². The molecule has 5 nitrogen and oxygen atoms in total.